The molecule has 15 heavy (non-hydrogen) atoms. The molecule has 0 amide bonds. The van der Waals surface area contributed by atoms with Gasteiger partial charge >= 0.3 is 5.97 Å². The Kier molecular flexibility index (Phi) is 5.23. The van der Waals surface area contributed by atoms with Gasteiger partial charge in [-0.1, -0.05) is 19.9 Å². The van der Waals surface area contributed by atoms with Gasteiger partial charge in [0.15, 0.2) is 0 Å². The second-order valence-electron chi connectivity index (χ2n) is 3.56. The van der Waals surface area contributed by atoms with Crippen molar-refractivity contribution >= 4 is 11.7 Å². The van der Waals surface area contributed by atoms with Crippen molar-refractivity contribution in [3.8, 4) is 5.75 Å². The van der Waals surface area contributed by atoms with Crippen LogP contribution in [0.2, 0.25) is 0 Å². The van der Waals surface area contributed by atoms with E-state index in [-0.39, 0.29) is 11.7 Å². The highest BCUT2D eigenvalue weighted by molar-refractivity contribution is 5.68. The Hall–Kier alpha value is -1.71. The summed E-state index contributed by atoms with van der Waals surface area (Å²) in [6.45, 7) is 5.21. The van der Waals surface area contributed by atoms with Crippen LogP contribution in [0.1, 0.15) is 19.4 Å². The predicted octanol–water partition coefficient (Wildman–Crippen LogP) is 2.01. The zero-order chi connectivity index (χ0) is 12.0. The molecule has 1 rings (SSSR count). The topological polar surface area (TPSA) is 83.5 Å². The van der Waals surface area contributed by atoms with Crippen molar-refractivity contribution in [2.24, 2.45) is 5.92 Å². The number of phenolic OH excluding ortho intramolecular Hbond substituents is 1. The number of aryl methyl sites for hydroxylation is 1. The van der Waals surface area contributed by atoms with Crippen LogP contribution in [0.15, 0.2) is 18.2 Å². The van der Waals surface area contributed by atoms with Crippen LogP contribution < -0.4 is 5.73 Å². The number of hydrogen-bond donors (Lipinski definition) is 3. The second-order valence-corrected chi connectivity index (χ2v) is 3.56. The molecule has 4 heteroatoms. The maximum Gasteiger partial charge on any atom is 0.305 e. The molecule has 0 fully saturated rings. The molecule has 0 saturated carbocycles. The lowest BCUT2D eigenvalue weighted by atomic mass is 10.2. The molecule has 0 aliphatic rings. The van der Waals surface area contributed by atoms with Crippen molar-refractivity contribution in [1.29, 1.82) is 0 Å². The van der Waals surface area contributed by atoms with Crippen molar-refractivity contribution in [2.75, 3.05) is 5.73 Å². The van der Waals surface area contributed by atoms with E-state index in [2.05, 4.69) is 0 Å². The van der Waals surface area contributed by atoms with E-state index in [0.29, 0.717) is 5.69 Å². The highest BCUT2D eigenvalue weighted by Crippen LogP contribution is 2.19. The molecule has 84 valence electrons. The number of benzene rings is 1. The second kappa shape index (κ2) is 5.90. The Labute approximate surface area is 89.4 Å². The molecule has 4 nitrogen and oxygen atoms in total. The fourth-order valence-electron chi connectivity index (χ4n) is 0.674. The zero-order valence-electron chi connectivity index (χ0n) is 9.19. The first-order valence-corrected chi connectivity index (χ1v) is 4.62. The van der Waals surface area contributed by atoms with Gasteiger partial charge in [0.1, 0.15) is 5.75 Å². The largest absolute Gasteiger partial charge is 0.506 e. The molecule has 1 aromatic carbocycles. The maximum absolute atomic E-state index is 9.70. The van der Waals surface area contributed by atoms with E-state index in [9.17, 15) is 4.79 Å². The lowest BCUT2D eigenvalue weighted by molar-refractivity contribution is -0.140. The predicted molar refractivity (Wildman–Crippen MR) is 59.7 cm³/mol. The van der Waals surface area contributed by atoms with Gasteiger partial charge in [-0.25, -0.2) is 0 Å². The van der Waals surface area contributed by atoms with Crippen LogP contribution >= 0.6 is 0 Å². The van der Waals surface area contributed by atoms with Gasteiger partial charge in [0.05, 0.1) is 11.6 Å². The Balaban J connectivity index is 0.000000288. The first kappa shape index (κ1) is 13.3. The number of phenols is 1. The molecule has 1 aromatic rings. The van der Waals surface area contributed by atoms with E-state index in [4.69, 9.17) is 15.9 Å². The highest BCUT2D eigenvalue weighted by atomic mass is 16.4. The van der Waals surface area contributed by atoms with Gasteiger partial charge in [-0.2, -0.15) is 0 Å². The summed E-state index contributed by atoms with van der Waals surface area (Å²) in [5.41, 5.74) is 6.87. The van der Waals surface area contributed by atoms with Crippen LogP contribution in [-0.4, -0.2) is 16.2 Å². The first-order valence-electron chi connectivity index (χ1n) is 4.62. The number of carboxylic acid groups (broad SMARTS) is 1. The molecule has 0 heterocycles. The van der Waals surface area contributed by atoms with Gasteiger partial charge in [-0.15, -0.1) is 0 Å². The van der Waals surface area contributed by atoms with Gasteiger partial charge in [-0.3, -0.25) is 4.79 Å². The van der Waals surface area contributed by atoms with Crippen molar-refractivity contribution in [1.82, 2.24) is 0 Å². The fourth-order valence-corrected chi connectivity index (χ4v) is 0.674. The number of hydrogen-bond acceptors (Lipinski definition) is 3. The number of aromatic hydroxyl groups is 1. The van der Waals surface area contributed by atoms with Gasteiger partial charge in [0.25, 0.3) is 0 Å². The molecule has 0 atom stereocenters. The Morgan fingerprint density at radius 3 is 2.13 bits per heavy atom. The summed E-state index contributed by atoms with van der Waals surface area (Å²) < 4.78 is 0. The molecule has 0 aliphatic heterocycles. The van der Waals surface area contributed by atoms with Gasteiger partial charge < -0.3 is 15.9 Å². The molecule has 0 radical (unpaired) electrons. The molecule has 0 unspecified atom stereocenters. The number of aliphatic carboxylic acids is 1. The third-order valence-corrected chi connectivity index (χ3v) is 1.68. The Morgan fingerprint density at radius 1 is 1.40 bits per heavy atom. The normalized spacial score (nSPS) is 9.33. The highest BCUT2D eigenvalue weighted by Gasteiger charge is 1.99. The number of carbonyl (C=O) groups is 1. The quantitative estimate of drug-likeness (QED) is 0.490. The smallest absolute Gasteiger partial charge is 0.305 e. The average molecular weight is 211 g/mol. The molecule has 0 aromatic heterocycles. The van der Waals surface area contributed by atoms with Crippen LogP contribution in [0, 0.1) is 12.8 Å². The molecule has 0 aliphatic carbocycles. The number of anilines is 1. The summed E-state index contributed by atoms with van der Waals surface area (Å²) in [6.07, 6.45) is 0. The van der Waals surface area contributed by atoms with Crippen molar-refractivity contribution in [3.63, 3.8) is 0 Å². The van der Waals surface area contributed by atoms with Crippen LogP contribution in [0.3, 0.4) is 0 Å². The minimum atomic E-state index is -0.741. The van der Waals surface area contributed by atoms with E-state index in [1.54, 1.807) is 26.0 Å². The Morgan fingerprint density at radius 2 is 1.87 bits per heavy atom. The van der Waals surface area contributed by atoms with Crippen molar-refractivity contribution < 1.29 is 15.0 Å². The monoisotopic (exact) mass is 211 g/mol. The third-order valence-electron chi connectivity index (χ3n) is 1.68. The number of nitrogens with two attached hydrogens (primary N) is 1. The van der Waals surface area contributed by atoms with E-state index in [1.807, 2.05) is 13.0 Å². The standard InChI is InChI=1S/C7H9NO.C4H8O2/c1-5-2-3-7(9)6(8)4-5;1-3(2)4(5)6/h2-4,9H,8H2,1H3;3H,1-2H3,(H,5,6). The Bertz CT molecular complexity index is 335. The van der Waals surface area contributed by atoms with Gasteiger partial charge in [0.2, 0.25) is 0 Å². The zero-order valence-corrected chi connectivity index (χ0v) is 9.19. The van der Waals surface area contributed by atoms with Gasteiger partial charge in [-0.05, 0) is 24.6 Å². The average Bonchev–Trinajstić information content (AvgIpc) is 2.13. The molecule has 0 bridgehead atoms. The van der Waals surface area contributed by atoms with Gasteiger partial charge in [0, 0.05) is 0 Å². The van der Waals surface area contributed by atoms with E-state index < -0.39 is 5.97 Å². The van der Waals surface area contributed by atoms with Crippen LogP contribution in [0.5, 0.6) is 5.75 Å². The minimum absolute atomic E-state index is 0.153. The van der Waals surface area contributed by atoms with Crippen molar-refractivity contribution in [3.05, 3.63) is 23.8 Å². The summed E-state index contributed by atoms with van der Waals surface area (Å²) in [4.78, 5) is 9.70. The maximum atomic E-state index is 9.70. The number of carboxylic acids is 1. The van der Waals surface area contributed by atoms with Crippen molar-refractivity contribution in [2.45, 2.75) is 20.8 Å². The summed E-state index contributed by atoms with van der Waals surface area (Å²) >= 11 is 0. The SMILES string of the molecule is CC(C)C(=O)O.Cc1ccc(O)c(N)c1. The van der Waals surface area contributed by atoms with E-state index in [1.165, 1.54) is 0 Å². The summed E-state index contributed by atoms with van der Waals surface area (Å²) in [6, 6.07) is 5.13. The minimum Gasteiger partial charge on any atom is -0.506 e. The lowest BCUT2D eigenvalue weighted by Crippen LogP contribution is -2.03. The number of nitrogen functional groups attached to an aromatic ring is 1. The van der Waals surface area contributed by atoms with E-state index >= 15 is 0 Å². The number of rotatable bonds is 1. The molecular weight excluding hydrogens is 194 g/mol. The fraction of sp³-hybridized carbons (Fsp3) is 0.364. The molecule has 4 N–H and O–H groups in total. The first-order chi connectivity index (χ1) is 6.84. The van der Waals surface area contributed by atoms with E-state index in [0.717, 1.165) is 5.56 Å². The summed E-state index contributed by atoms with van der Waals surface area (Å²) in [5, 5.41) is 16.9. The lowest BCUT2D eigenvalue weighted by Gasteiger charge is -1.97. The van der Waals surface area contributed by atoms with Crippen LogP contribution in [0.25, 0.3) is 0 Å². The summed E-state index contributed by atoms with van der Waals surface area (Å²) in [5.74, 6) is -0.819. The van der Waals surface area contributed by atoms with Crippen LogP contribution in [-0.2, 0) is 4.79 Å². The van der Waals surface area contributed by atoms with Crippen LogP contribution in [0.4, 0.5) is 5.69 Å². The molecular formula is C11H17NO3. The molecule has 0 spiro atoms. The summed E-state index contributed by atoms with van der Waals surface area (Å²) in [7, 11) is 0. The molecule has 0 saturated heterocycles. The third kappa shape index (κ3) is 5.57.